The third-order valence-corrected chi connectivity index (χ3v) is 3.18. The Hall–Kier alpha value is -1.06. The highest BCUT2D eigenvalue weighted by molar-refractivity contribution is 5.29. The van der Waals surface area contributed by atoms with Crippen molar-refractivity contribution >= 4 is 0 Å². The summed E-state index contributed by atoms with van der Waals surface area (Å²) in [6.07, 6.45) is 1.17. The summed E-state index contributed by atoms with van der Waals surface area (Å²) in [4.78, 5) is 0. The van der Waals surface area contributed by atoms with Crippen LogP contribution in [0.25, 0.3) is 0 Å². The lowest BCUT2D eigenvalue weighted by Gasteiger charge is -2.18. The van der Waals surface area contributed by atoms with Gasteiger partial charge in [-0.15, -0.1) is 0 Å². The fourth-order valence-electron chi connectivity index (χ4n) is 2.21. The molecule has 0 aromatic heterocycles. The van der Waals surface area contributed by atoms with Crippen LogP contribution in [0.5, 0.6) is 5.75 Å². The van der Waals surface area contributed by atoms with Crippen LogP contribution < -0.4 is 15.8 Å². The Morgan fingerprint density at radius 1 is 1.44 bits per heavy atom. The number of ether oxygens (including phenoxy) is 1. The zero-order chi connectivity index (χ0) is 11.4. The summed E-state index contributed by atoms with van der Waals surface area (Å²) in [6.45, 7) is 4.82. The summed E-state index contributed by atoms with van der Waals surface area (Å²) >= 11 is 0. The van der Waals surface area contributed by atoms with E-state index in [9.17, 15) is 0 Å². The topological polar surface area (TPSA) is 47.3 Å². The fourth-order valence-corrected chi connectivity index (χ4v) is 2.21. The van der Waals surface area contributed by atoms with Gasteiger partial charge < -0.3 is 15.8 Å². The molecule has 0 saturated carbocycles. The Labute approximate surface area is 97.0 Å². The van der Waals surface area contributed by atoms with Gasteiger partial charge in [0.05, 0.1) is 6.61 Å². The van der Waals surface area contributed by atoms with Crippen LogP contribution in [0.1, 0.15) is 24.9 Å². The van der Waals surface area contributed by atoms with E-state index in [1.165, 1.54) is 12.0 Å². The molecule has 0 radical (unpaired) electrons. The molecule has 0 amide bonds. The molecule has 1 aromatic carbocycles. The van der Waals surface area contributed by atoms with Crippen molar-refractivity contribution in [3.8, 4) is 5.75 Å². The third kappa shape index (κ3) is 2.54. The second-order valence-electron chi connectivity index (χ2n) is 4.28. The van der Waals surface area contributed by atoms with Gasteiger partial charge in [0.15, 0.2) is 0 Å². The van der Waals surface area contributed by atoms with Crippen molar-refractivity contribution in [3.05, 3.63) is 29.8 Å². The van der Waals surface area contributed by atoms with Gasteiger partial charge in [-0.05, 0) is 50.0 Å². The molecule has 1 aliphatic rings. The maximum absolute atomic E-state index is 6.24. The van der Waals surface area contributed by atoms with Gasteiger partial charge in [0.1, 0.15) is 5.75 Å². The monoisotopic (exact) mass is 220 g/mol. The molecule has 2 rings (SSSR count). The van der Waals surface area contributed by atoms with Gasteiger partial charge in [-0.25, -0.2) is 0 Å². The summed E-state index contributed by atoms with van der Waals surface area (Å²) < 4.78 is 5.41. The van der Waals surface area contributed by atoms with Crippen LogP contribution in [0.3, 0.4) is 0 Å². The molecule has 1 aromatic rings. The maximum atomic E-state index is 6.24. The Bertz CT molecular complexity index is 317. The molecule has 0 bridgehead atoms. The molecule has 3 nitrogen and oxygen atoms in total. The van der Waals surface area contributed by atoms with E-state index < -0.39 is 0 Å². The predicted molar refractivity (Wildman–Crippen MR) is 65.5 cm³/mol. The number of nitrogens with one attached hydrogen (secondary N) is 1. The maximum Gasteiger partial charge on any atom is 0.119 e. The van der Waals surface area contributed by atoms with Crippen molar-refractivity contribution in [2.45, 2.75) is 19.4 Å². The van der Waals surface area contributed by atoms with Crippen LogP contribution >= 0.6 is 0 Å². The molecule has 2 unspecified atom stereocenters. The minimum absolute atomic E-state index is 0.144. The number of nitrogens with two attached hydrogens (primary N) is 1. The normalized spacial score (nSPS) is 22.0. The average Bonchev–Trinajstić information content (AvgIpc) is 2.83. The SMILES string of the molecule is CCOc1ccc(C(N)C2CCNC2)cc1. The van der Waals surface area contributed by atoms with Gasteiger partial charge in [0, 0.05) is 6.04 Å². The Kier molecular flexibility index (Phi) is 3.80. The Morgan fingerprint density at radius 3 is 2.75 bits per heavy atom. The standard InChI is InChI=1S/C13H20N2O/c1-2-16-12-5-3-10(4-6-12)13(14)11-7-8-15-9-11/h3-6,11,13,15H,2,7-9,14H2,1H3. The molecule has 3 heteroatoms. The fraction of sp³-hybridized carbons (Fsp3) is 0.538. The summed E-state index contributed by atoms with van der Waals surface area (Å²) in [5, 5.41) is 3.35. The molecule has 1 saturated heterocycles. The molecule has 88 valence electrons. The van der Waals surface area contributed by atoms with E-state index in [4.69, 9.17) is 10.5 Å². The summed E-state index contributed by atoms with van der Waals surface area (Å²) in [6, 6.07) is 8.30. The van der Waals surface area contributed by atoms with Crippen molar-refractivity contribution in [1.29, 1.82) is 0 Å². The van der Waals surface area contributed by atoms with E-state index in [1.54, 1.807) is 0 Å². The smallest absolute Gasteiger partial charge is 0.119 e. The lowest BCUT2D eigenvalue weighted by atomic mass is 9.93. The van der Waals surface area contributed by atoms with Gasteiger partial charge >= 0.3 is 0 Å². The highest BCUT2D eigenvalue weighted by Gasteiger charge is 2.22. The summed E-state index contributed by atoms with van der Waals surface area (Å²) in [5.41, 5.74) is 7.45. The minimum Gasteiger partial charge on any atom is -0.494 e. The van der Waals surface area contributed by atoms with Gasteiger partial charge in [0.2, 0.25) is 0 Å². The Morgan fingerprint density at radius 2 is 2.19 bits per heavy atom. The first-order chi connectivity index (χ1) is 7.81. The zero-order valence-corrected chi connectivity index (χ0v) is 9.78. The van der Waals surface area contributed by atoms with Crippen LogP contribution in [0, 0.1) is 5.92 Å². The molecule has 1 fully saturated rings. The van der Waals surface area contributed by atoms with E-state index in [2.05, 4.69) is 17.4 Å². The molecule has 1 heterocycles. The van der Waals surface area contributed by atoms with Crippen molar-refractivity contribution in [2.75, 3.05) is 19.7 Å². The van der Waals surface area contributed by atoms with Gasteiger partial charge in [-0.3, -0.25) is 0 Å². The highest BCUT2D eigenvalue weighted by Crippen LogP contribution is 2.25. The van der Waals surface area contributed by atoms with Crippen molar-refractivity contribution < 1.29 is 4.74 Å². The van der Waals surface area contributed by atoms with Crippen molar-refractivity contribution in [2.24, 2.45) is 11.7 Å². The minimum atomic E-state index is 0.144. The number of benzene rings is 1. The first-order valence-electron chi connectivity index (χ1n) is 6.00. The molecular formula is C13H20N2O. The van der Waals surface area contributed by atoms with E-state index in [-0.39, 0.29) is 6.04 Å². The average molecular weight is 220 g/mol. The van der Waals surface area contributed by atoms with E-state index >= 15 is 0 Å². The number of rotatable bonds is 4. The lowest BCUT2D eigenvalue weighted by Crippen LogP contribution is -2.23. The second-order valence-corrected chi connectivity index (χ2v) is 4.28. The lowest BCUT2D eigenvalue weighted by molar-refractivity contribution is 0.340. The number of hydrogen-bond donors (Lipinski definition) is 2. The van der Waals surface area contributed by atoms with Crippen LogP contribution in [-0.2, 0) is 0 Å². The summed E-state index contributed by atoms with van der Waals surface area (Å²) in [5.74, 6) is 1.49. The van der Waals surface area contributed by atoms with Crippen LogP contribution in [0.2, 0.25) is 0 Å². The molecule has 16 heavy (non-hydrogen) atoms. The van der Waals surface area contributed by atoms with Crippen LogP contribution in [0.15, 0.2) is 24.3 Å². The zero-order valence-electron chi connectivity index (χ0n) is 9.78. The van der Waals surface area contributed by atoms with E-state index in [0.717, 1.165) is 18.8 Å². The van der Waals surface area contributed by atoms with Crippen LogP contribution in [-0.4, -0.2) is 19.7 Å². The predicted octanol–water partition coefficient (Wildman–Crippen LogP) is 1.69. The third-order valence-electron chi connectivity index (χ3n) is 3.18. The Balaban J connectivity index is 2.02. The molecule has 0 aliphatic carbocycles. The summed E-state index contributed by atoms with van der Waals surface area (Å²) in [7, 11) is 0. The van der Waals surface area contributed by atoms with Gasteiger partial charge in [-0.2, -0.15) is 0 Å². The van der Waals surface area contributed by atoms with Gasteiger partial charge in [0.25, 0.3) is 0 Å². The first kappa shape index (κ1) is 11.4. The molecule has 2 atom stereocenters. The molecular weight excluding hydrogens is 200 g/mol. The molecule has 1 aliphatic heterocycles. The van der Waals surface area contributed by atoms with Crippen molar-refractivity contribution in [3.63, 3.8) is 0 Å². The van der Waals surface area contributed by atoms with E-state index in [0.29, 0.717) is 12.5 Å². The van der Waals surface area contributed by atoms with Crippen molar-refractivity contribution in [1.82, 2.24) is 5.32 Å². The molecule has 3 N–H and O–H groups in total. The number of hydrogen-bond acceptors (Lipinski definition) is 3. The van der Waals surface area contributed by atoms with Gasteiger partial charge in [-0.1, -0.05) is 12.1 Å². The quantitative estimate of drug-likeness (QED) is 0.812. The van der Waals surface area contributed by atoms with Crippen LogP contribution in [0.4, 0.5) is 0 Å². The first-order valence-corrected chi connectivity index (χ1v) is 6.00. The van der Waals surface area contributed by atoms with E-state index in [1.807, 2.05) is 19.1 Å². The largest absolute Gasteiger partial charge is 0.494 e. The molecule has 0 spiro atoms. The highest BCUT2D eigenvalue weighted by atomic mass is 16.5. The second kappa shape index (κ2) is 5.32.